The van der Waals surface area contributed by atoms with Crippen molar-refractivity contribution in [1.82, 2.24) is 9.88 Å². The number of aliphatic hydroxyl groups excluding tert-OH is 2. The van der Waals surface area contributed by atoms with E-state index in [1.54, 1.807) is 18.0 Å². The third-order valence-corrected chi connectivity index (χ3v) is 13.7. The monoisotopic (exact) mass is 908 g/mol. The fraction of sp³-hybridized carbons (Fsp3) is 0.582. The summed E-state index contributed by atoms with van der Waals surface area (Å²) in [5, 5.41) is 24.9. The minimum atomic E-state index is -1.36. The number of likely N-dealkylation sites (N-methyl/N-ethyl adjacent to an activating group) is 1. The van der Waals surface area contributed by atoms with Gasteiger partial charge in [0, 0.05) is 43.9 Å². The molecule has 1 aliphatic heterocycles. The molecule has 1 aromatic heterocycles. The number of aromatic nitrogens is 1. The van der Waals surface area contributed by atoms with Gasteiger partial charge in [0.15, 0.2) is 0 Å². The van der Waals surface area contributed by atoms with Gasteiger partial charge in [-0.05, 0) is 92.3 Å². The molecule has 3 aliphatic rings. The number of nitrogens with zero attached hydrogens (tertiary/aromatic N) is 3. The summed E-state index contributed by atoms with van der Waals surface area (Å²) in [5.41, 5.74) is 5.47. The van der Waals surface area contributed by atoms with Crippen molar-refractivity contribution < 1.29 is 38.8 Å². The van der Waals surface area contributed by atoms with Crippen molar-refractivity contribution in [2.24, 2.45) is 22.9 Å². The summed E-state index contributed by atoms with van der Waals surface area (Å²) in [4.78, 5) is 26.8. The van der Waals surface area contributed by atoms with Gasteiger partial charge in [-0.3, -0.25) is 4.98 Å². The molecule has 3 aromatic rings. The Kier molecular flexibility index (Phi) is 20.4. The molecule has 0 radical (unpaired) electrons. The molecule has 2 aromatic carbocycles. The van der Waals surface area contributed by atoms with E-state index in [9.17, 15) is 15.0 Å². The maximum absolute atomic E-state index is 14.3. The summed E-state index contributed by atoms with van der Waals surface area (Å²) in [5.74, 6) is -0.400. The summed E-state index contributed by atoms with van der Waals surface area (Å²) >= 11 is 0. The van der Waals surface area contributed by atoms with Crippen LogP contribution < -0.4 is 9.47 Å². The van der Waals surface area contributed by atoms with Crippen molar-refractivity contribution in [3.05, 3.63) is 114 Å². The highest BCUT2D eigenvalue weighted by molar-refractivity contribution is 6.02. The summed E-state index contributed by atoms with van der Waals surface area (Å²) in [6.45, 7) is 9.61. The average molecular weight is 908 g/mol. The summed E-state index contributed by atoms with van der Waals surface area (Å²) in [6.07, 6.45) is 20.6. The molecule has 11 nitrogen and oxygen atoms in total. The van der Waals surface area contributed by atoms with Crippen molar-refractivity contribution in [2.75, 3.05) is 33.5 Å². The van der Waals surface area contributed by atoms with Gasteiger partial charge in [-0.25, -0.2) is 4.79 Å². The molecular weight excluding hydrogens is 831 g/mol. The Morgan fingerprint density at radius 2 is 1.62 bits per heavy atom. The first-order valence-electron chi connectivity index (χ1n) is 25.0. The summed E-state index contributed by atoms with van der Waals surface area (Å²) in [7, 11) is 1.78. The lowest BCUT2D eigenvalue weighted by molar-refractivity contribution is -0.253. The first kappa shape index (κ1) is 50.7. The zero-order valence-corrected chi connectivity index (χ0v) is 40.0. The summed E-state index contributed by atoms with van der Waals surface area (Å²) < 4.78 is 26.9. The number of amides is 1. The number of benzene rings is 2. The minimum Gasteiger partial charge on any atom is -0.487 e. The number of carbonyl (C=O) groups excluding carboxylic acids is 1. The van der Waals surface area contributed by atoms with E-state index in [-0.39, 0.29) is 44.2 Å². The first-order valence-corrected chi connectivity index (χ1v) is 25.0. The van der Waals surface area contributed by atoms with Crippen LogP contribution >= 0.6 is 0 Å². The molecular formula is C55H77N3O8. The molecule has 360 valence electrons. The van der Waals surface area contributed by atoms with Gasteiger partial charge < -0.3 is 38.9 Å². The number of rotatable bonds is 29. The molecule has 1 amide bonds. The molecule has 0 saturated heterocycles. The van der Waals surface area contributed by atoms with Crippen molar-refractivity contribution in [3.8, 4) is 11.5 Å². The molecule has 1 saturated carbocycles. The number of allylic oxidation sites excluding steroid dienone is 1. The lowest BCUT2D eigenvalue weighted by Crippen LogP contribution is -2.69. The standard InChI is InChI=1S/C55H77N3O8/c1-5-7-8-9-10-11-12-13-14-22-35-62-54(61)58(4)51-38-49(57-65-39-42-25-16-15-17-26-42)47-36-43(27-18-20-32-59)46(29-19-21-33-60)52-48-37-45(63-40-44-28-23-24-41(3)56-44)30-31-50(48)66-55(51,53(47)52)64-34-6-2/h6,15-17,23-26,28,30-31,36-37,43,46,51-53,59-60H,2,5,7-14,18-22,27,29,32-35,38-40H2,1,3-4H3/t43-,46+,51-,52+,53+,55+/m0/s1. The minimum absolute atomic E-state index is 0.0888. The number of aryl methyl sites for hydroxylation is 1. The van der Waals surface area contributed by atoms with E-state index in [0.717, 1.165) is 78.7 Å². The second-order valence-electron chi connectivity index (χ2n) is 18.5. The van der Waals surface area contributed by atoms with Crippen molar-refractivity contribution in [3.63, 3.8) is 0 Å². The maximum Gasteiger partial charge on any atom is 0.409 e. The number of oxime groups is 1. The van der Waals surface area contributed by atoms with Crippen LogP contribution in [0.4, 0.5) is 4.79 Å². The van der Waals surface area contributed by atoms with Crippen LogP contribution in [0.15, 0.2) is 96.2 Å². The molecule has 1 fully saturated rings. The number of fused-ring (bicyclic) bond motifs is 2. The highest BCUT2D eigenvalue weighted by Gasteiger charge is 2.65. The number of pyridine rings is 1. The Morgan fingerprint density at radius 1 is 0.894 bits per heavy atom. The van der Waals surface area contributed by atoms with Crippen molar-refractivity contribution in [1.29, 1.82) is 0 Å². The highest BCUT2D eigenvalue weighted by atomic mass is 16.7. The van der Waals surface area contributed by atoms with Gasteiger partial charge in [0.25, 0.3) is 0 Å². The van der Waals surface area contributed by atoms with Crippen molar-refractivity contribution >= 4 is 11.8 Å². The zero-order chi connectivity index (χ0) is 46.6. The molecule has 2 heterocycles. The third kappa shape index (κ3) is 13.5. The maximum atomic E-state index is 14.3. The van der Waals surface area contributed by atoms with Gasteiger partial charge >= 0.3 is 6.09 Å². The second kappa shape index (κ2) is 26.6. The van der Waals surface area contributed by atoms with Crippen molar-refractivity contribution in [2.45, 2.75) is 154 Å². The topological polar surface area (TPSA) is 132 Å². The Labute approximate surface area is 394 Å². The van der Waals surface area contributed by atoms with E-state index < -0.39 is 23.8 Å². The second-order valence-corrected chi connectivity index (χ2v) is 18.5. The van der Waals surface area contributed by atoms with Gasteiger partial charge in [0.05, 0.1) is 30.5 Å². The van der Waals surface area contributed by atoms with E-state index in [1.807, 2.05) is 67.6 Å². The number of aliphatic hydroxyl groups is 2. The molecule has 0 unspecified atom stereocenters. The lowest BCUT2D eigenvalue weighted by atomic mass is 9.55. The Hall–Kier alpha value is -4.71. The van der Waals surface area contributed by atoms with Crippen LogP contribution in [-0.4, -0.2) is 77.2 Å². The molecule has 6 atom stereocenters. The third-order valence-electron chi connectivity index (χ3n) is 13.7. The van der Waals surface area contributed by atoms with Gasteiger partial charge in [-0.2, -0.15) is 0 Å². The quantitative estimate of drug-likeness (QED) is 0.0397. The smallest absolute Gasteiger partial charge is 0.409 e. The molecule has 66 heavy (non-hydrogen) atoms. The fourth-order valence-electron chi connectivity index (χ4n) is 10.4. The van der Waals surface area contributed by atoms with Crippen LogP contribution in [0.2, 0.25) is 0 Å². The SMILES string of the molecule is C=CCO[C@@]12Oc3ccc(OCc4cccc(C)n4)cc3[C@H]3[C@H](CCCCO)[C@@H](CCCCO)C=C(C(=NOCc4ccccc4)C[C@@H]1N(C)C(=O)OCCCCCCCCCCCC)[C@H]32. The first-order chi connectivity index (χ1) is 32.3. The number of hydrogen-bond donors (Lipinski definition) is 2. The van der Waals surface area contributed by atoms with E-state index in [0.29, 0.717) is 44.0 Å². The summed E-state index contributed by atoms with van der Waals surface area (Å²) in [6, 6.07) is 21.3. The number of ether oxygens (including phenoxy) is 4. The van der Waals surface area contributed by atoms with Crippen LogP contribution in [0.25, 0.3) is 0 Å². The Bertz CT molecular complexity index is 2010. The number of hydrogen-bond acceptors (Lipinski definition) is 10. The molecule has 2 aliphatic carbocycles. The van der Waals surface area contributed by atoms with Crippen LogP contribution in [0, 0.1) is 24.7 Å². The Morgan fingerprint density at radius 3 is 2.33 bits per heavy atom. The van der Waals surface area contributed by atoms with E-state index in [1.165, 1.54) is 44.9 Å². The zero-order valence-electron chi connectivity index (χ0n) is 40.0. The van der Waals surface area contributed by atoms with Crippen LogP contribution in [0.1, 0.15) is 145 Å². The molecule has 11 heteroatoms. The van der Waals surface area contributed by atoms with Gasteiger partial charge in [0.2, 0.25) is 5.79 Å². The Balaban J connectivity index is 1.38. The molecule has 0 bridgehead atoms. The average Bonchev–Trinajstić information content (AvgIpc) is 3.33. The van der Waals surface area contributed by atoms with Gasteiger partial charge in [-0.15, -0.1) is 6.58 Å². The molecule has 0 spiro atoms. The fourth-order valence-corrected chi connectivity index (χ4v) is 10.4. The van der Waals surface area contributed by atoms with Crippen LogP contribution in [0.5, 0.6) is 11.5 Å². The van der Waals surface area contributed by atoms with Crippen LogP contribution in [0.3, 0.4) is 0 Å². The largest absolute Gasteiger partial charge is 0.487 e. The molecule has 6 rings (SSSR count). The normalized spacial score (nSPS) is 22.4. The predicted octanol–water partition coefficient (Wildman–Crippen LogP) is 11.8. The van der Waals surface area contributed by atoms with E-state index in [2.05, 4.69) is 30.6 Å². The van der Waals surface area contributed by atoms with E-state index in [4.69, 9.17) is 28.9 Å². The predicted molar refractivity (Wildman–Crippen MR) is 260 cm³/mol. The van der Waals surface area contributed by atoms with Gasteiger partial charge in [0.1, 0.15) is 30.8 Å². The van der Waals surface area contributed by atoms with Crippen LogP contribution in [-0.2, 0) is 27.5 Å². The number of carbonyl (C=O) groups is 1. The highest BCUT2D eigenvalue weighted by Crippen LogP contribution is 2.62. The van der Waals surface area contributed by atoms with Gasteiger partial charge in [-0.1, -0.05) is 131 Å². The number of unbranched alkanes of at least 4 members (excludes halogenated alkanes) is 11. The lowest BCUT2D eigenvalue weighted by Gasteiger charge is -2.59. The molecule has 2 N–H and O–H groups in total. The van der Waals surface area contributed by atoms with E-state index >= 15 is 0 Å².